The van der Waals surface area contributed by atoms with Crippen LogP contribution in [0.4, 0.5) is 5.69 Å². The second kappa shape index (κ2) is 10.1. The number of hydrogen-bond donors (Lipinski definition) is 2. The molecule has 1 aromatic heterocycles. The Balaban J connectivity index is 1.50. The lowest BCUT2D eigenvalue weighted by molar-refractivity contribution is -0.895. The van der Waals surface area contributed by atoms with Crippen molar-refractivity contribution >= 4 is 23.4 Å². The number of hydrogen-bond acceptors (Lipinski definition) is 4. The van der Waals surface area contributed by atoms with Crippen LogP contribution in [0, 0.1) is 0 Å². The Labute approximate surface area is 176 Å². The maximum Gasteiger partial charge on any atom is 0.289 e. The molecule has 30 heavy (non-hydrogen) atoms. The van der Waals surface area contributed by atoms with Gasteiger partial charge in [0.05, 0.1) is 32.4 Å². The van der Waals surface area contributed by atoms with E-state index in [4.69, 9.17) is 4.42 Å². The summed E-state index contributed by atoms with van der Waals surface area (Å²) in [6, 6.07) is 10.4. The van der Waals surface area contributed by atoms with E-state index in [9.17, 15) is 14.4 Å². The maximum absolute atomic E-state index is 12.5. The lowest BCUT2D eigenvalue weighted by atomic mass is 10.1. The van der Waals surface area contributed by atoms with Crippen LogP contribution in [0.2, 0.25) is 0 Å². The first-order valence-corrected chi connectivity index (χ1v) is 10.4. The van der Waals surface area contributed by atoms with Crippen LogP contribution in [0.15, 0.2) is 47.1 Å². The van der Waals surface area contributed by atoms with Crippen LogP contribution in [0.5, 0.6) is 0 Å². The standard InChI is InChI=1S/C22H28N4O4/c1-3-25(4-2)21(28)17-7-5-8-18(15-17)23-20(27)16-24-10-12-26(13-11-24)22(29)19-9-6-14-30-19/h5-9,14-15H,3-4,10-13,16H2,1-2H3,(H,23,27)/p+1. The number of anilines is 1. The summed E-state index contributed by atoms with van der Waals surface area (Å²) in [5, 5.41) is 2.89. The molecule has 1 saturated heterocycles. The van der Waals surface area contributed by atoms with Gasteiger partial charge < -0.3 is 24.4 Å². The lowest BCUT2D eigenvalue weighted by Crippen LogP contribution is -3.15. The summed E-state index contributed by atoms with van der Waals surface area (Å²) < 4.78 is 5.17. The van der Waals surface area contributed by atoms with Crippen LogP contribution in [0.25, 0.3) is 0 Å². The molecule has 0 radical (unpaired) electrons. The molecule has 0 atom stereocenters. The fraction of sp³-hybridized carbons (Fsp3) is 0.409. The van der Waals surface area contributed by atoms with Crippen LogP contribution < -0.4 is 10.2 Å². The molecule has 8 nitrogen and oxygen atoms in total. The summed E-state index contributed by atoms with van der Waals surface area (Å²) in [6.07, 6.45) is 1.49. The number of amides is 3. The van der Waals surface area contributed by atoms with Crippen LogP contribution in [0.1, 0.15) is 34.8 Å². The summed E-state index contributed by atoms with van der Waals surface area (Å²) in [7, 11) is 0. The summed E-state index contributed by atoms with van der Waals surface area (Å²) in [5.74, 6) is 0.0795. The first-order valence-electron chi connectivity index (χ1n) is 10.4. The summed E-state index contributed by atoms with van der Waals surface area (Å²) >= 11 is 0. The number of nitrogens with zero attached hydrogens (tertiary/aromatic N) is 2. The predicted octanol–water partition coefficient (Wildman–Crippen LogP) is 0.741. The van der Waals surface area contributed by atoms with Gasteiger partial charge in [0, 0.05) is 24.3 Å². The molecule has 8 heteroatoms. The third kappa shape index (κ3) is 5.27. The minimum absolute atomic E-state index is 0.0425. The molecule has 1 fully saturated rings. The van der Waals surface area contributed by atoms with Crippen LogP contribution in [-0.2, 0) is 4.79 Å². The molecule has 0 unspecified atom stereocenters. The van der Waals surface area contributed by atoms with Gasteiger partial charge in [0.2, 0.25) is 0 Å². The van der Waals surface area contributed by atoms with Crippen LogP contribution >= 0.6 is 0 Å². The number of furan rings is 1. The van der Waals surface area contributed by atoms with Crippen molar-refractivity contribution in [3.05, 3.63) is 54.0 Å². The van der Waals surface area contributed by atoms with Crippen molar-refractivity contribution < 1.29 is 23.7 Å². The molecule has 0 spiro atoms. The van der Waals surface area contributed by atoms with Crippen LogP contribution in [-0.4, -0.2) is 73.3 Å². The Morgan fingerprint density at radius 3 is 2.47 bits per heavy atom. The zero-order valence-corrected chi connectivity index (χ0v) is 17.5. The van der Waals surface area contributed by atoms with Crippen molar-refractivity contribution in [2.24, 2.45) is 0 Å². The third-order valence-corrected chi connectivity index (χ3v) is 5.34. The Hall–Kier alpha value is -3.13. The van der Waals surface area contributed by atoms with Gasteiger partial charge in [-0.3, -0.25) is 14.4 Å². The predicted molar refractivity (Wildman–Crippen MR) is 112 cm³/mol. The molecule has 2 aromatic rings. The van der Waals surface area contributed by atoms with E-state index in [0.717, 1.165) is 4.90 Å². The zero-order chi connectivity index (χ0) is 21.5. The van der Waals surface area contributed by atoms with Gasteiger partial charge in [-0.25, -0.2) is 0 Å². The van der Waals surface area contributed by atoms with Gasteiger partial charge in [0.1, 0.15) is 0 Å². The molecule has 0 aliphatic carbocycles. The molecule has 3 amide bonds. The molecule has 1 aromatic carbocycles. The minimum atomic E-state index is -0.113. The molecule has 0 saturated carbocycles. The van der Waals surface area contributed by atoms with E-state index in [2.05, 4.69) is 5.32 Å². The zero-order valence-electron chi connectivity index (χ0n) is 17.5. The minimum Gasteiger partial charge on any atom is -0.459 e. The number of benzene rings is 1. The number of carbonyl (C=O) groups excluding carboxylic acids is 3. The number of nitrogens with one attached hydrogen (secondary N) is 2. The van der Waals surface area contributed by atoms with Gasteiger partial charge in [-0.15, -0.1) is 0 Å². The smallest absolute Gasteiger partial charge is 0.289 e. The third-order valence-electron chi connectivity index (χ3n) is 5.34. The summed E-state index contributed by atoms with van der Waals surface area (Å²) in [4.78, 5) is 41.9. The van der Waals surface area contributed by atoms with Gasteiger partial charge >= 0.3 is 0 Å². The molecule has 160 valence electrons. The second-order valence-electron chi connectivity index (χ2n) is 7.30. The fourth-order valence-corrected chi connectivity index (χ4v) is 3.61. The number of quaternary nitrogens is 1. The SMILES string of the molecule is CCN(CC)C(=O)c1cccc(NC(=O)C[NH+]2CCN(C(=O)c3ccco3)CC2)c1. The lowest BCUT2D eigenvalue weighted by Gasteiger charge is -2.31. The quantitative estimate of drug-likeness (QED) is 0.701. The first kappa shape index (κ1) is 21.6. The Kier molecular flexibility index (Phi) is 7.24. The largest absolute Gasteiger partial charge is 0.459 e. The number of carbonyl (C=O) groups is 3. The highest BCUT2D eigenvalue weighted by Crippen LogP contribution is 2.13. The topological polar surface area (TPSA) is 87.3 Å². The molecule has 0 bridgehead atoms. The Morgan fingerprint density at radius 2 is 1.83 bits per heavy atom. The highest BCUT2D eigenvalue weighted by molar-refractivity contribution is 5.97. The molecule has 1 aliphatic heterocycles. The average molecular weight is 413 g/mol. The average Bonchev–Trinajstić information content (AvgIpc) is 3.29. The van der Waals surface area contributed by atoms with E-state index < -0.39 is 0 Å². The molecule has 3 rings (SSSR count). The van der Waals surface area contributed by atoms with E-state index in [1.165, 1.54) is 6.26 Å². The van der Waals surface area contributed by atoms with Crippen molar-refractivity contribution in [2.45, 2.75) is 13.8 Å². The normalized spacial score (nSPS) is 14.4. The van der Waals surface area contributed by atoms with E-state index in [0.29, 0.717) is 62.8 Å². The maximum atomic E-state index is 12.5. The summed E-state index contributed by atoms with van der Waals surface area (Å²) in [6.45, 7) is 8.03. The van der Waals surface area contributed by atoms with Gasteiger partial charge in [0.25, 0.3) is 17.7 Å². The molecule has 2 heterocycles. The number of piperazine rings is 1. The van der Waals surface area contributed by atoms with Crippen molar-refractivity contribution in [3.63, 3.8) is 0 Å². The number of rotatable bonds is 7. The Morgan fingerprint density at radius 1 is 1.10 bits per heavy atom. The van der Waals surface area contributed by atoms with Crippen molar-refractivity contribution in [1.29, 1.82) is 0 Å². The van der Waals surface area contributed by atoms with E-state index in [1.54, 1.807) is 46.2 Å². The van der Waals surface area contributed by atoms with E-state index in [1.807, 2.05) is 13.8 Å². The molecular weight excluding hydrogens is 384 g/mol. The highest BCUT2D eigenvalue weighted by Gasteiger charge is 2.27. The first-order chi connectivity index (χ1) is 14.5. The summed E-state index contributed by atoms with van der Waals surface area (Å²) in [5.41, 5.74) is 1.18. The molecule has 1 aliphatic rings. The van der Waals surface area contributed by atoms with E-state index >= 15 is 0 Å². The van der Waals surface area contributed by atoms with Crippen molar-refractivity contribution in [3.8, 4) is 0 Å². The molecule has 2 N–H and O–H groups in total. The van der Waals surface area contributed by atoms with Gasteiger partial charge in [0.15, 0.2) is 12.3 Å². The molecular formula is C22H29N4O4+. The Bertz CT molecular complexity index is 869. The van der Waals surface area contributed by atoms with E-state index in [-0.39, 0.29) is 17.7 Å². The van der Waals surface area contributed by atoms with Crippen molar-refractivity contribution in [2.75, 3.05) is 51.1 Å². The van der Waals surface area contributed by atoms with Gasteiger partial charge in [-0.05, 0) is 44.2 Å². The van der Waals surface area contributed by atoms with Gasteiger partial charge in [-0.1, -0.05) is 6.07 Å². The van der Waals surface area contributed by atoms with Gasteiger partial charge in [-0.2, -0.15) is 0 Å². The highest BCUT2D eigenvalue weighted by atomic mass is 16.3. The second-order valence-corrected chi connectivity index (χ2v) is 7.30. The van der Waals surface area contributed by atoms with Crippen LogP contribution in [0.3, 0.4) is 0 Å². The fourth-order valence-electron chi connectivity index (χ4n) is 3.61. The monoisotopic (exact) mass is 413 g/mol. The van der Waals surface area contributed by atoms with Crippen molar-refractivity contribution in [1.82, 2.24) is 9.80 Å².